The number of ether oxygens (including phenoxy) is 1. The molecule has 0 aliphatic rings. The Bertz CT molecular complexity index is 846. The highest BCUT2D eigenvalue weighted by Crippen LogP contribution is 2.21. The molecule has 0 unspecified atom stereocenters. The van der Waals surface area contributed by atoms with Crippen molar-refractivity contribution < 1.29 is 14.1 Å². The van der Waals surface area contributed by atoms with Gasteiger partial charge in [-0.1, -0.05) is 46.3 Å². The Morgan fingerprint density at radius 2 is 2.00 bits per heavy atom. The largest absolute Gasteiger partial charge is 0.471 e. The molecule has 1 heterocycles. The van der Waals surface area contributed by atoms with E-state index in [-0.39, 0.29) is 17.5 Å². The molecule has 0 saturated carbocycles. The van der Waals surface area contributed by atoms with E-state index in [0.717, 1.165) is 15.6 Å². The standard InChI is InChI=1S/C18H15BrN2O3/c1-12-9-14(7-8-15(12)19)20-18(22)16-10-17(21-24-16)23-11-13-5-3-2-4-6-13/h2-10H,11H2,1H3,(H,20,22). The predicted octanol–water partition coefficient (Wildman–Crippen LogP) is 4.58. The van der Waals surface area contributed by atoms with Crippen LogP contribution in [0, 0.1) is 6.92 Å². The van der Waals surface area contributed by atoms with E-state index in [9.17, 15) is 4.79 Å². The maximum Gasteiger partial charge on any atom is 0.294 e. The maximum atomic E-state index is 12.2. The van der Waals surface area contributed by atoms with Crippen LogP contribution in [0.2, 0.25) is 0 Å². The van der Waals surface area contributed by atoms with Gasteiger partial charge < -0.3 is 14.6 Å². The van der Waals surface area contributed by atoms with E-state index in [1.807, 2.05) is 49.4 Å². The molecule has 5 nitrogen and oxygen atoms in total. The first-order valence-electron chi connectivity index (χ1n) is 7.33. The van der Waals surface area contributed by atoms with Crippen LogP contribution < -0.4 is 10.1 Å². The molecule has 1 N–H and O–H groups in total. The first kappa shape index (κ1) is 16.3. The Labute approximate surface area is 147 Å². The number of aromatic nitrogens is 1. The lowest BCUT2D eigenvalue weighted by Crippen LogP contribution is -2.10. The van der Waals surface area contributed by atoms with E-state index in [4.69, 9.17) is 9.26 Å². The average molecular weight is 387 g/mol. The topological polar surface area (TPSA) is 64.4 Å². The van der Waals surface area contributed by atoms with Gasteiger partial charge in [0, 0.05) is 10.2 Å². The normalized spacial score (nSPS) is 10.4. The molecule has 0 atom stereocenters. The second-order valence-electron chi connectivity index (χ2n) is 5.22. The van der Waals surface area contributed by atoms with Crippen LogP contribution >= 0.6 is 15.9 Å². The quantitative estimate of drug-likeness (QED) is 0.696. The zero-order valence-corrected chi connectivity index (χ0v) is 14.5. The summed E-state index contributed by atoms with van der Waals surface area (Å²) in [6.07, 6.45) is 0. The second-order valence-corrected chi connectivity index (χ2v) is 6.08. The van der Waals surface area contributed by atoms with Gasteiger partial charge in [0.25, 0.3) is 11.8 Å². The van der Waals surface area contributed by atoms with Crippen molar-refractivity contribution in [3.05, 3.63) is 76.0 Å². The molecule has 0 aliphatic carbocycles. The third kappa shape index (κ3) is 4.02. The fourth-order valence-corrected chi connectivity index (χ4v) is 2.33. The van der Waals surface area contributed by atoms with E-state index in [2.05, 4.69) is 26.4 Å². The van der Waals surface area contributed by atoms with Crippen molar-refractivity contribution in [2.45, 2.75) is 13.5 Å². The zero-order chi connectivity index (χ0) is 16.9. The summed E-state index contributed by atoms with van der Waals surface area (Å²) in [7, 11) is 0. The number of anilines is 1. The number of nitrogens with zero attached hydrogens (tertiary/aromatic N) is 1. The van der Waals surface area contributed by atoms with Crippen molar-refractivity contribution in [2.24, 2.45) is 0 Å². The van der Waals surface area contributed by atoms with Crippen molar-refractivity contribution in [1.29, 1.82) is 0 Å². The fraction of sp³-hybridized carbons (Fsp3) is 0.111. The monoisotopic (exact) mass is 386 g/mol. The van der Waals surface area contributed by atoms with Gasteiger partial charge in [-0.05, 0) is 41.4 Å². The zero-order valence-electron chi connectivity index (χ0n) is 13.0. The Balaban J connectivity index is 1.62. The van der Waals surface area contributed by atoms with Crippen molar-refractivity contribution in [3.63, 3.8) is 0 Å². The third-order valence-corrected chi connectivity index (χ3v) is 4.25. The van der Waals surface area contributed by atoms with Gasteiger partial charge in [0.05, 0.1) is 6.07 Å². The minimum Gasteiger partial charge on any atom is -0.471 e. The van der Waals surface area contributed by atoms with Crippen LogP contribution in [0.5, 0.6) is 5.88 Å². The Morgan fingerprint density at radius 1 is 1.21 bits per heavy atom. The van der Waals surface area contributed by atoms with Gasteiger partial charge in [-0.25, -0.2) is 0 Å². The number of carbonyl (C=O) groups excluding carboxylic acids is 1. The summed E-state index contributed by atoms with van der Waals surface area (Å²) in [5, 5.41) is 6.52. The molecule has 0 aliphatic heterocycles. The van der Waals surface area contributed by atoms with Crippen molar-refractivity contribution >= 4 is 27.5 Å². The number of hydrogen-bond donors (Lipinski definition) is 1. The van der Waals surface area contributed by atoms with Gasteiger partial charge in [0.2, 0.25) is 5.76 Å². The van der Waals surface area contributed by atoms with Crippen molar-refractivity contribution in [1.82, 2.24) is 5.16 Å². The molecule has 3 aromatic rings. The predicted molar refractivity (Wildman–Crippen MR) is 94.1 cm³/mol. The van der Waals surface area contributed by atoms with E-state index in [0.29, 0.717) is 12.3 Å². The molecule has 0 radical (unpaired) electrons. The molecular formula is C18H15BrN2O3. The van der Waals surface area contributed by atoms with E-state index < -0.39 is 0 Å². The summed E-state index contributed by atoms with van der Waals surface area (Å²) in [6.45, 7) is 2.31. The number of nitrogens with one attached hydrogen (secondary N) is 1. The number of halogens is 1. The molecule has 6 heteroatoms. The fourth-order valence-electron chi connectivity index (χ4n) is 2.08. The first-order valence-corrected chi connectivity index (χ1v) is 8.12. The smallest absolute Gasteiger partial charge is 0.294 e. The summed E-state index contributed by atoms with van der Waals surface area (Å²) in [4.78, 5) is 12.2. The second kappa shape index (κ2) is 7.31. The van der Waals surface area contributed by atoms with Crippen LogP contribution in [0.15, 0.2) is 63.6 Å². The van der Waals surface area contributed by atoms with Crippen molar-refractivity contribution in [2.75, 3.05) is 5.32 Å². The van der Waals surface area contributed by atoms with Crippen LogP contribution in [-0.2, 0) is 6.61 Å². The maximum absolute atomic E-state index is 12.2. The lowest BCUT2D eigenvalue weighted by molar-refractivity contribution is 0.0987. The minimum absolute atomic E-state index is 0.0960. The van der Waals surface area contributed by atoms with Gasteiger partial charge in [-0.2, -0.15) is 0 Å². The van der Waals surface area contributed by atoms with Gasteiger partial charge in [0.15, 0.2) is 0 Å². The summed E-state index contributed by atoms with van der Waals surface area (Å²) in [5.41, 5.74) is 2.72. The summed E-state index contributed by atoms with van der Waals surface area (Å²) in [5.74, 6) is -0.00610. The van der Waals surface area contributed by atoms with Crippen LogP contribution in [0.4, 0.5) is 5.69 Å². The molecule has 122 valence electrons. The minimum atomic E-state index is -0.376. The van der Waals surface area contributed by atoms with Crippen LogP contribution in [0.1, 0.15) is 21.7 Å². The highest BCUT2D eigenvalue weighted by atomic mass is 79.9. The highest BCUT2D eigenvalue weighted by Gasteiger charge is 2.14. The number of hydrogen-bond acceptors (Lipinski definition) is 4. The Morgan fingerprint density at radius 3 is 2.75 bits per heavy atom. The Hall–Kier alpha value is -2.60. The molecule has 1 aromatic heterocycles. The molecule has 0 fully saturated rings. The van der Waals surface area contributed by atoms with Gasteiger partial charge >= 0.3 is 0 Å². The van der Waals surface area contributed by atoms with Gasteiger partial charge in [0.1, 0.15) is 6.61 Å². The number of carbonyl (C=O) groups is 1. The lowest BCUT2D eigenvalue weighted by Gasteiger charge is -2.04. The van der Waals surface area contributed by atoms with E-state index in [1.54, 1.807) is 6.07 Å². The Kier molecular flexibility index (Phi) is 4.96. The number of aryl methyl sites for hydroxylation is 1. The van der Waals surface area contributed by atoms with Crippen LogP contribution in [0.3, 0.4) is 0 Å². The molecule has 0 spiro atoms. The lowest BCUT2D eigenvalue weighted by atomic mass is 10.2. The average Bonchev–Trinajstić information content (AvgIpc) is 3.06. The number of amides is 1. The number of rotatable bonds is 5. The van der Waals surface area contributed by atoms with Crippen LogP contribution in [-0.4, -0.2) is 11.1 Å². The molecule has 0 bridgehead atoms. The SMILES string of the molecule is Cc1cc(NC(=O)c2cc(OCc3ccccc3)no2)ccc1Br. The summed E-state index contributed by atoms with van der Waals surface area (Å²) >= 11 is 3.42. The molecule has 24 heavy (non-hydrogen) atoms. The number of benzene rings is 2. The molecule has 1 amide bonds. The van der Waals surface area contributed by atoms with Gasteiger partial charge in [-0.15, -0.1) is 0 Å². The third-order valence-electron chi connectivity index (χ3n) is 3.36. The van der Waals surface area contributed by atoms with Gasteiger partial charge in [-0.3, -0.25) is 4.79 Å². The van der Waals surface area contributed by atoms with Crippen LogP contribution in [0.25, 0.3) is 0 Å². The van der Waals surface area contributed by atoms with E-state index >= 15 is 0 Å². The highest BCUT2D eigenvalue weighted by molar-refractivity contribution is 9.10. The molecule has 0 saturated heterocycles. The summed E-state index contributed by atoms with van der Waals surface area (Å²) < 4.78 is 11.5. The molecule has 3 rings (SSSR count). The first-order chi connectivity index (χ1) is 11.6. The summed E-state index contributed by atoms with van der Waals surface area (Å²) in [6, 6.07) is 16.7. The van der Waals surface area contributed by atoms with Crippen molar-refractivity contribution in [3.8, 4) is 5.88 Å². The van der Waals surface area contributed by atoms with E-state index in [1.165, 1.54) is 6.07 Å². The molecular weight excluding hydrogens is 372 g/mol. The molecule has 2 aromatic carbocycles.